The molecule has 2 unspecified atom stereocenters. The van der Waals surface area contributed by atoms with Crippen LogP contribution in [0.25, 0.3) is 0 Å². The molecule has 2 atom stereocenters. The van der Waals surface area contributed by atoms with E-state index in [9.17, 15) is 4.79 Å². The van der Waals surface area contributed by atoms with Gasteiger partial charge in [0.2, 0.25) is 5.91 Å². The minimum atomic E-state index is -0.603. The predicted molar refractivity (Wildman–Crippen MR) is 74.9 cm³/mol. The lowest BCUT2D eigenvalue weighted by molar-refractivity contribution is -0.124. The fraction of sp³-hybridized carbons (Fsp3) is 0.929. The van der Waals surface area contributed by atoms with Crippen molar-refractivity contribution in [2.24, 2.45) is 5.73 Å². The first-order valence-corrected chi connectivity index (χ1v) is 7.25. The summed E-state index contributed by atoms with van der Waals surface area (Å²) in [6.45, 7) is 7.79. The van der Waals surface area contributed by atoms with Crippen molar-refractivity contribution in [3.63, 3.8) is 0 Å². The Kier molecular flexibility index (Phi) is 6.75. The summed E-state index contributed by atoms with van der Waals surface area (Å²) in [4.78, 5) is 11.6. The maximum Gasteiger partial charge on any atom is 0.237 e. The molecule has 0 aromatic rings. The van der Waals surface area contributed by atoms with Gasteiger partial charge in [0.25, 0.3) is 0 Å². The van der Waals surface area contributed by atoms with Gasteiger partial charge in [-0.2, -0.15) is 0 Å². The van der Waals surface area contributed by atoms with Crippen molar-refractivity contribution in [1.82, 2.24) is 5.32 Å². The van der Waals surface area contributed by atoms with Crippen LogP contribution in [-0.4, -0.2) is 43.4 Å². The van der Waals surface area contributed by atoms with E-state index in [-0.39, 0.29) is 12.0 Å². The molecule has 5 nitrogen and oxygen atoms in total. The molecule has 5 heteroatoms. The third-order valence-electron chi connectivity index (χ3n) is 3.42. The fourth-order valence-electron chi connectivity index (χ4n) is 1.99. The topological polar surface area (TPSA) is 73.6 Å². The largest absolute Gasteiger partial charge is 0.379 e. The van der Waals surface area contributed by atoms with Crippen LogP contribution < -0.4 is 11.1 Å². The second kappa shape index (κ2) is 7.82. The molecule has 1 aliphatic carbocycles. The van der Waals surface area contributed by atoms with E-state index in [0.717, 1.165) is 19.3 Å². The Labute approximate surface area is 116 Å². The van der Waals surface area contributed by atoms with Crippen LogP contribution in [-0.2, 0) is 14.3 Å². The first kappa shape index (κ1) is 16.4. The van der Waals surface area contributed by atoms with Crippen molar-refractivity contribution in [2.75, 3.05) is 19.8 Å². The van der Waals surface area contributed by atoms with Gasteiger partial charge in [-0.25, -0.2) is 0 Å². The zero-order valence-electron chi connectivity index (χ0n) is 12.4. The molecule has 1 saturated carbocycles. The number of rotatable bonds is 11. The number of primary amides is 1. The molecule has 0 heterocycles. The third kappa shape index (κ3) is 6.36. The average molecular weight is 272 g/mol. The Morgan fingerprint density at radius 1 is 1.53 bits per heavy atom. The van der Waals surface area contributed by atoms with Gasteiger partial charge in [0.15, 0.2) is 0 Å². The second-order valence-corrected chi connectivity index (χ2v) is 5.56. The highest BCUT2D eigenvalue weighted by atomic mass is 16.5. The lowest BCUT2D eigenvalue weighted by atomic mass is 9.95. The number of carbonyl (C=O) groups excluding carboxylic acids is 1. The molecule has 0 bridgehead atoms. The monoisotopic (exact) mass is 272 g/mol. The minimum absolute atomic E-state index is 0.0937. The highest BCUT2D eigenvalue weighted by Crippen LogP contribution is 2.24. The Morgan fingerprint density at radius 3 is 2.74 bits per heavy atom. The number of ether oxygens (including phenoxy) is 2. The molecule has 0 spiro atoms. The standard InChI is InChI=1S/C14H28N2O3/c1-4-18-10-11(2)19-9-5-8-14(3,13(15)17)16-12-6-7-12/h11-12,16H,4-10H2,1-3H3,(H2,15,17). The summed E-state index contributed by atoms with van der Waals surface area (Å²) in [7, 11) is 0. The van der Waals surface area contributed by atoms with Crippen LogP contribution in [0.3, 0.4) is 0 Å². The predicted octanol–water partition coefficient (Wildman–Crippen LogP) is 1.20. The number of hydrogen-bond acceptors (Lipinski definition) is 4. The number of nitrogens with two attached hydrogens (primary N) is 1. The normalized spacial score (nSPS) is 19.9. The van der Waals surface area contributed by atoms with Gasteiger partial charge in [-0.15, -0.1) is 0 Å². The van der Waals surface area contributed by atoms with Gasteiger partial charge in [0, 0.05) is 19.3 Å². The van der Waals surface area contributed by atoms with Gasteiger partial charge < -0.3 is 20.5 Å². The van der Waals surface area contributed by atoms with Crippen molar-refractivity contribution in [3.05, 3.63) is 0 Å². The Bertz CT molecular complexity index is 282. The van der Waals surface area contributed by atoms with Crippen molar-refractivity contribution >= 4 is 5.91 Å². The molecule has 112 valence electrons. The number of hydrogen-bond donors (Lipinski definition) is 2. The van der Waals surface area contributed by atoms with Gasteiger partial charge in [0.05, 0.1) is 18.2 Å². The Hall–Kier alpha value is -0.650. The molecule has 0 radical (unpaired) electrons. The van der Waals surface area contributed by atoms with E-state index in [4.69, 9.17) is 15.2 Å². The van der Waals surface area contributed by atoms with Crippen molar-refractivity contribution in [2.45, 2.75) is 64.1 Å². The van der Waals surface area contributed by atoms with Crippen LogP contribution in [0.1, 0.15) is 46.5 Å². The molecule has 0 aromatic heterocycles. The van der Waals surface area contributed by atoms with Gasteiger partial charge >= 0.3 is 0 Å². The first-order chi connectivity index (χ1) is 8.98. The van der Waals surface area contributed by atoms with E-state index < -0.39 is 5.54 Å². The molecular weight excluding hydrogens is 244 g/mol. The van der Waals surface area contributed by atoms with Crippen molar-refractivity contribution < 1.29 is 14.3 Å². The molecule has 0 saturated heterocycles. The quantitative estimate of drug-likeness (QED) is 0.554. The Morgan fingerprint density at radius 2 is 2.21 bits per heavy atom. The fourth-order valence-corrected chi connectivity index (χ4v) is 1.99. The van der Waals surface area contributed by atoms with E-state index >= 15 is 0 Å². The van der Waals surface area contributed by atoms with Crippen LogP contribution >= 0.6 is 0 Å². The first-order valence-electron chi connectivity index (χ1n) is 7.25. The summed E-state index contributed by atoms with van der Waals surface area (Å²) in [5, 5.41) is 3.33. The molecule has 3 N–H and O–H groups in total. The number of amides is 1. The minimum Gasteiger partial charge on any atom is -0.379 e. The zero-order valence-corrected chi connectivity index (χ0v) is 12.4. The summed E-state index contributed by atoms with van der Waals surface area (Å²) >= 11 is 0. The summed E-state index contributed by atoms with van der Waals surface area (Å²) in [5.74, 6) is -0.276. The molecular formula is C14H28N2O3. The highest BCUT2D eigenvalue weighted by Gasteiger charge is 2.36. The van der Waals surface area contributed by atoms with Crippen molar-refractivity contribution in [3.8, 4) is 0 Å². The molecule has 0 aromatic carbocycles. The molecule has 19 heavy (non-hydrogen) atoms. The lowest BCUT2D eigenvalue weighted by Gasteiger charge is -2.27. The summed E-state index contributed by atoms with van der Waals surface area (Å²) < 4.78 is 10.9. The van der Waals surface area contributed by atoms with Gasteiger partial charge in [-0.05, 0) is 46.5 Å². The molecule has 1 aliphatic rings. The van der Waals surface area contributed by atoms with Gasteiger partial charge in [0.1, 0.15) is 0 Å². The molecule has 1 rings (SSSR count). The van der Waals surface area contributed by atoms with E-state index in [1.54, 1.807) is 0 Å². The van der Waals surface area contributed by atoms with E-state index in [2.05, 4.69) is 5.32 Å². The maximum atomic E-state index is 11.6. The van der Waals surface area contributed by atoms with E-state index in [1.807, 2.05) is 20.8 Å². The molecule has 1 fully saturated rings. The van der Waals surface area contributed by atoms with Gasteiger partial charge in [-0.1, -0.05) is 0 Å². The summed E-state index contributed by atoms with van der Waals surface area (Å²) in [6.07, 6.45) is 3.90. The molecule has 1 amide bonds. The van der Waals surface area contributed by atoms with Crippen LogP contribution in [0.2, 0.25) is 0 Å². The lowest BCUT2D eigenvalue weighted by Crippen LogP contribution is -2.54. The highest BCUT2D eigenvalue weighted by molar-refractivity contribution is 5.84. The van der Waals surface area contributed by atoms with E-state index in [0.29, 0.717) is 32.3 Å². The smallest absolute Gasteiger partial charge is 0.237 e. The number of nitrogens with one attached hydrogen (secondary N) is 1. The molecule has 0 aliphatic heterocycles. The SMILES string of the molecule is CCOCC(C)OCCCC(C)(NC1CC1)C(N)=O. The summed E-state index contributed by atoms with van der Waals surface area (Å²) in [5.41, 5.74) is 4.89. The van der Waals surface area contributed by atoms with Crippen LogP contribution in [0, 0.1) is 0 Å². The average Bonchev–Trinajstić information content (AvgIpc) is 3.15. The van der Waals surface area contributed by atoms with E-state index in [1.165, 1.54) is 0 Å². The Balaban J connectivity index is 2.19. The summed E-state index contributed by atoms with van der Waals surface area (Å²) in [6, 6.07) is 0.468. The third-order valence-corrected chi connectivity index (χ3v) is 3.42. The maximum absolute atomic E-state index is 11.6. The van der Waals surface area contributed by atoms with Crippen LogP contribution in [0.15, 0.2) is 0 Å². The van der Waals surface area contributed by atoms with Crippen LogP contribution in [0.4, 0.5) is 0 Å². The zero-order chi connectivity index (χ0) is 14.3. The van der Waals surface area contributed by atoms with Crippen LogP contribution in [0.5, 0.6) is 0 Å². The van der Waals surface area contributed by atoms with Gasteiger partial charge in [-0.3, -0.25) is 4.79 Å². The second-order valence-electron chi connectivity index (χ2n) is 5.56. The van der Waals surface area contributed by atoms with Crippen molar-refractivity contribution in [1.29, 1.82) is 0 Å². The number of carbonyl (C=O) groups is 1.